The topological polar surface area (TPSA) is 82.4 Å². The van der Waals surface area contributed by atoms with Gasteiger partial charge in [0.05, 0.1) is 6.61 Å². The molecule has 0 rings (SSSR count). The molecule has 96 valence electrons. The van der Waals surface area contributed by atoms with E-state index in [1.165, 1.54) is 10.9 Å². The van der Waals surface area contributed by atoms with Crippen LogP contribution in [0.3, 0.4) is 0 Å². The summed E-state index contributed by atoms with van der Waals surface area (Å²) in [4.78, 5) is 9.57. The fourth-order valence-corrected chi connectivity index (χ4v) is 2.78. The van der Waals surface area contributed by atoms with Crippen LogP contribution < -0.4 is 0 Å². The minimum Gasteiger partial charge on any atom is -0.411 e. The fourth-order valence-electron chi connectivity index (χ4n) is 0.923. The van der Waals surface area contributed by atoms with Gasteiger partial charge in [-0.1, -0.05) is 0 Å². The molecule has 16 heavy (non-hydrogen) atoms. The third-order valence-corrected chi connectivity index (χ3v) is 3.60. The zero-order valence-electron chi connectivity index (χ0n) is 8.63. The quantitative estimate of drug-likeness (QED) is 0.169. The molecule has 0 aliphatic carbocycles. The van der Waals surface area contributed by atoms with Gasteiger partial charge < -0.3 is 10.1 Å². The number of rotatable bonds is 9. The van der Waals surface area contributed by atoms with Gasteiger partial charge in [-0.2, -0.15) is 0 Å². The normalized spacial score (nSPS) is 15.8. The van der Waals surface area contributed by atoms with Crippen molar-refractivity contribution in [3.8, 4) is 0 Å². The van der Waals surface area contributed by atoms with E-state index in [0.717, 1.165) is 0 Å². The van der Waals surface area contributed by atoms with E-state index in [9.17, 15) is 9.46 Å². The number of alkyl halides is 2. The fraction of sp³-hybridized carbons (Fsp3) is 0.857. The van der Waals surface area contributed by atoms with Crippen molar-refractivity contribution in [3.05, 3.63) is 0 Å². The summed E-state index contributed by atoms with van der Waals surface area (Å²) in [6.45, 7) is 0.422. The van der Waals surface area contributed by atoms with Crippen molar-refractivity contribution in [2.45, 2.75) is 6.42 Å². The zero-order chi connectivity index (χ0) is 12.4. The van der Waals surface area contributed by atoms with Crippen molar-refractivity contribution in [3.63, 3.8) is 0 Å². The molecule has 0 spiro atoms. The SMILES string of the molecule is O=P(O)(OCC/C=N/O)N(CCCl)CCCl. The highest BCUT2D eigenvalue weighted by atomic mass is 35.5. The molecule has 0 radical (unpaired) electrons. The van der Waals surface area contributed by atoms with Crippen LogP contribution in [0.25, 0.3) is 0 Å². The first-order chi connectivity index (χ1) is 7.58. The summed E-state index contributed by atoms with van der Waals surface area (Å²) in [6, 6.07) is 0. The van der Waals surface area contributed by atoms with Gasteiger partial charge in [0.2, 0.25) is 0 Å². The molecule has 1 unspecified atom stereocenters. The molecular weight excluding hydrogens is 278 g/mol. The number of hydrogen-bond donors (Lipinski definition) is 2. The highest BCUT2D eigenvalue weighted by Gasteiger charge is 2.28. The van der Waals surface area contributed by atoms with E-state index in [2.05, 4.69) is 5.16 Å². The van der Waals surface area contributed by atoms with Gasteiger partial charge in [-0.05, 0) is 0 Å². The lowest BCUT2D eigenvalue weighted by molar-refractivity contribution is 0.211. The van der Waals surface area contributed by atoms with Gasteiger partial charge in [0.15, 0.2) is 0 Å². The van der Waals surface area contributed by atoms with E-state index in [-0.39, 0.29) is 37.9 Å². The summed E-state index contributed by atoms with van der Waals surface area (Å²) in [5.74, 6) is 0.422. The molecule has 1 atom stereocenters. The predicted octanol–water partition coefficient (Wildman–Crippen LogP) is 1.73. The van der Waals surface area contributed by atoms with Crippen LogP contribution in [0.5, 0.6) is 0 Å². The molecule has 0 aliphatic rings. The maximum Gasteiger partial charge on any atom is 0.405 e. The standard InChI is InChI=1S/C7H15Cl2N2O4P/c8-2-5-11(6-3-9)16(13,14)15-7-1-4-10-12/h4,12H,1-3,5-7H2,(H,13,14)/b10-4+. The Morgan fingerprint density at radius 1 is 1.38 bits per heavy atom. The number of oxime groups is 1. The van der Waals surface area contributed by atoms with Gasteiger partial charge in [-0.25, -0.2) is 9.24 Å². The molecule has 0 aromatic carbocycles. The average Bonchev–Trinajstić information content (AvgIpc) is 2.24. The molecule has 9 heteroatoms. The number of halogens is 2. The number of hydrogen-bond acceptors (Lipinski definition) is 4. The minimum atomic E-state index is -3.85. The second kappa shape index (κ2) is 9.22. The van der Waals surface area contributed by atoms with Gasteiger partial charge in [-0.3, -0.25) is 4.52 Å². The van der Waals surface area contributed by atoms with Crippen molar-refractivity contribution < 1.29 is 19.2 Å². The monoisotopic (exact) mass is 292 g/mol. The average molecular weight is 293 g/mol. The van der Waals surface area contributed by atoms with Crippen LogP contribution in [0.1, 0.15) is 6.42 Å². The van der Waals surface area contributed by atoms with Crippen LogP contribution >= 0.6 is 30.9 Å². The molecule has 2 N–H and O–H groups in total. The van der Waals surface area contributed by atoms with Crippen molar-refractivity contribution in [2.75, 3.05) is 31.5 Å². The first kappa shape index (κ1) is 16.2. The molecule has 0 fully saturated rings. The van der Waals surface area contributed by atoms with Gasteiger partial charge in [0, 0.05) is 37.5 Å². The number of nitrogens with zero attached hydrogens (tertiary/aromatic N) is 2. The van der Waals surface area contributed by atoms with Gasteiger partial charge in [0.25, 0.3) is 0 Å². The molecule has 6 nitrogen and oxygen atoms in total. The van der Waals surface area contributed by atoms with Crippen LogP contribution in [-0.2, 0) is 9.09 Å². The second-order valence-electron chi connectivity index (χ2n) is 2.74. The minimum absolute atomic E-state index is 0.0150. The zero-order valence-corrected chi connectivity index (χ0v) is 11.0. The molecule has 0 aromatic rings. The van der Waals surface area contributed by atoms with E-state index in [0.29, 0.717) is 0 Å². The Hall–Kier alpha value is 0.160. The summed E-state index contributed by atoms with van der Waals surface area (Å²) in [5, 5.41) is 10.9. The van der Waals surface area contributed by atoms with Crippen molar-refractivity contribution in [2.24, 2.45) is 5.16 Å². The van der Waals surface area contributed by atoms with Crippen LogP contribution in [0, 0.1) is 0 Å². The first-order valence-corrected chi connectivity index (χ1v) is 7.19. The molecule has 0 saturated heterocycles. The predicted molar refractivity (Wildman–Crippen MR) is 63.7 cm³/mol. The van der Waals surface area contributed by atoms with Crippen molar-refractivity contribution in [1.29, 1.82) is 0 Å². The van der Waals surface area contributed by atoms with Gasteiger partial charge >= 0.3 is 7.75 Å². The lowest BCUT2D eigenvalue weighted by atomic mass is 10.5. The molecule has 0 aliphatic heterocycles. The van der Waals surface area contributed by atoms with Gasteiger partial charge in [-0.15, -0.1) is 28.4 Å². The Morgan fingerprint density at radius 3 is 2.38 bits per heavy atom. The van der Waals surface area contributed by atoms with Gasteiger partial charge in [0.1, 0.15) is 0 Å². The third-order valence-electron chi connectivity index (χ3n) is 1.63. The molecular formula is C7H15Cl2N2O4P. The van der Waals surface area contributed by atoms with E-state index in [1.807, 2.05) is 0 Å². The maximum atomic E-state index is 11.7. The Balaban J connectivity index is 4.17. The Morgan fingerprint density at radius 2 is 1.94 bits per heavy atom. The summed E-state index contributed by atoms with van der Waals surface area (Å²) in [5.41, 5.74) is 0. The molecule has 0 saturated carbocycles. The van der Waals surface area contributed by atoms with E-state index >= 15 is 0 Å². The van der Waals surface area contributed by atoms with Crippen molar-refractivity contribution in [1.82, 2.24) is 4.67 Å². The maximum absolute atomic E-state index is 11.7. The van der Waals surface area contributed by atoms with Crippen molar-refractivity contribution >= 4 is 37.2 Å². The van der Waals surface area contributed by atoms with E-state index in [4.69, 9.17) is 32.9 Å². The third kappa shape index (κ3) is 6.68. The van der Waals surface area contributed by atoms with Crippen LogP contribution in [0.4, 0.5) is 0 Å². The molecule has 0 amide bonds. The van der Waals surface area contributed by atoms with Crippen LogP contribution in [0.15, 0.2) is 5.16 Å². The highest BCUT2D eigenvalue weighted by Crippen LogP contribution is 2.45. The van der Waals surface area contributed by atoms with Crippen LogP contribution in [-0.4, -0.2) is 52.4 Å². The summed E-state index contributed by atoms with van der Waals surface area (Å²) < 4.78 is 17.7. The Labute approximate surface area is 104 Å². The lowest BCUT2D eigenvalue weighted by Crippen LogP contribution is -2.26. The second-order valence-corrected chi connectivity index (χ2v) is 5.30. The van der Waals surface area contributed by atoms with E-state index < -0.39 is 7.75 Å². The Kier molecular flexibility index (Phi) is 9.31. The lowest BCUT2D eigenvalue weighted by Gasteiger charge is -2.24. The molecule has 0 heterocycles. The smallest absolute Gasteiger partial charge is 0.405 e. The summed E-state index contributed by atoms with van der Waals surface area (Å²) >= 11 is 11.0. The van der Waals surface area contributed by atoms with E-state index in [1.54, 1.807) is 0 Å². The highest BCUT2D eigenvalue weighted by molar-refractivity contribution is 7.50. The summed E-state index contributed by atoms with van der Waals surface area (Å²) in [7, 11) is -3.85. The largest absolute Gasteiger partial charge is 0.411 e. The molecule has 0 bridgehead atoms. The summed E-state index contributed by atoms with van der Waals surface area (Å²) in [6.07, 6.45) is 1.42. The Bertz CT molecular complexity index is 249. The molecule has 0 aromatic heterocycles. The first-order valence-electron chi connectivity index (χ1n) is 4.59. The van der Waals surface area contributed by atoms with Crippen LogP contribution in [0.2, 0.25) is 0 Å².